The Kier molecular flexibility index (Phi) is 5.57. The number of nitrogens with zero attached hydrogens (tertiary/aromatic N) is 1. The molecular formula is C15H20BrNO3. The molecule has 20 heavy (non-hydrogen) atoms. The lowest BCUT2D eigenvalue weighted by molar-refractivity contribution is -0.148. The maximum Gasteiger partial charge on any atom is 0.327 e. The molecule has 1 aliphatic heterocycles. The van der Waals surface area contributed by atoms with Crippen molar-refractivity contribution >= 4 is 21.9 Å². The number of hydrogen-bond acceptors (Lipinski definition) is 4. The predicted octanol–water partition coefficient (Wildman–Crippen LogP) is 2.77. The zero-order valence-corrected chi connectivity index (χ0v) is 13.4. The number of piperidine rings is 1. The third-order valence-corrected chi connectivity index (χ3v) is 4.31. The molecule has 0 aliphatic carbocycles. The Morgan fingerprint density at radius 3 is 2.35 bits per heavy atom. The molecule has 0 radical (unpaired) electrons. The molecule has 0 bridgehead atoms. The van der Waals surface area contributed by atoms with Gasteiger partial charge in [0.25, 0.3) is 0 Å². The predicted molar refractivity (Wildman–Crippen MR) is 80.5 cm³/mol. The van der Waals surface area contributed by atoms with E-state index in [0.29, 0.717) is 6.10 Å². The summed E-state index contributed by atoms with van der Waals surface area (Å²) in [6.07, 6.45) is 2.19. The second kappa shape index (κ2) is 7.20. The van der Waals surface area contributed by atoms with Gasteiger partial charge in [-0.3, -0.25) is 4.90 Å². The van der Waals surface area contributed by atoms with Crippen LogP contribution < -0.4 is 0 Å². The molecule has 2 rings (SSSR count). The molecule has 1 saturated heterocycles. The fourth-order valence-corrected chi connectivity index (χ4v) is 2.89. The first kappa shape index (κ1) is 15.5. The number of rotatable bonds is 4. The van der Waals surface area contributed by atoms with Crippen LogP contribution in [0.15, 0.2) is 28.7 Å². The Balaban J connectivity index is 2.16. The van der Waals surface area contributed by atoms with Gasteiger partial charge in [0.2, 0.25) is 0 Å². The molecule has 1 aromatic carbocycles. The smallest absolute Gasteiger partial charge is 0.327 e. The van der Waals surface area contributed by atoms with Crippen molar-refractivity contribution in [3.05, 3.63) is 34.3 Å². The summed E-state index contributed by atoms with van der Waals surface area (Å²) >= 11 is 3.42. The quantitative estimate of drug-likeness (QED) is 0.789. The minimum absolute atomic E-state index is 0.205. The molecule has 1 atom stereocenters. The molecule has 4 nitrogen and oxygen atoms in total. The van der Waals surface area contributed by atoms with Crippen LogP contribution in [0.3, 0.4) is 0 Å². The maximum atomic E-state index is 12.1. The summed E-state index contributed by atoms with van der Waals surface area (Å²) in [4.78, 5) is 14.3. The van der Waals surface area contributed by atoms with Crippen molar-refractivity contribution in [2.45, 2.75) is 25.0 Å². The van der Waals surface area contributed by atoms with Gasteiger partial charge in [-0.1, -0.05) is 28.1 Å². The van der Waals surface area contributed by atoms with E-state index in [-0.39, 0.29) is 12.0 Å². The third-order valence-electron chi connectivity index (χ3n) is 3.79. The van der Waals surface area contributed by atoms with Gasteiger partial charge in [0.15, 0.2) is 0 Å². The Bertz CT molecular complexity index is 441. The van der Waals surface area contributed by atoms with Gasteiger partial charge < -0.3 is 9.47 Å². The van der Waals surface area contributed by atoms with Gasteiger partial charge in [-0.25, -0.2) is 4.79 Å². The zero-order valence-electron chi connectivity index (χ0n) is 11.8. The van der Waals surface area contributed by atoms with Gasteiger partial charge in [-0.15, -0.1) is 0 Å². The number of methoxy groups -OCH3 is 2. The lowest BCUT2D eigenvalue weighted by atomic mass is 10.0. The minimum atomic E-state index is -0.328. The molecule has 0 unspecified atom stereocenters. The van der Waals surface area contributed by atoms with E-state index >= 15 is 0 Å². The summed E-state index contributed by atoms with van der Waals surface area (Å²) in [6, 6.07) is 7.51. The SMILES string of the molecule is COC(=O)[C@@H](c1ccc(Br)cc1)N1CCC(OC)CC1. The molecule has 1 aliphatic rings. The molecule has 1 heterocycles. The average Bonchev–Trinajstić information content (AvgIpc) is 2.50. The molecule has 110 valence electrons. The molecule has 5 heteroatoms. The van der Waals surface area contributed by atoms with E-state index in [1.165, 1.54) is 7.11 Å². The number of carbonyl (C=O) groups is 1. The molecule has 0 amide bonds. The van der Waals surface area contributed by atoms with Crippen LogP contribution in [-0.4, -0.2) is 44.3 Å². The van der Waals surface area contributed by atoms with E-state index in [2.05, 4.69) is 20.8 Å². The largest absolute Gasteiger partial charge is 0.468 e. The van der Waals surface area contributed by atoms with Gasteiger partial charge in [-0.05, 0) is 30.5 Å². The van der Waals surface area contributed by atoms with Crippen LogP contribution in [0.4, 0.5) is 0 Å². The molecular weight excluding hydrogens is 322 g/mol. The zero-order chi connectivity index (χ0) is 14.5. The number of halogens is 1. The molecule has 0 N–H and O–H groups in total. The average molecular weight is 342 g/mol. The van der Waals surface area contributed by atoms with Crippen LogP contribution in [0, 0.1) is 0 Å². The normalized spacial score (nSPS) is 18.8. The van der Waals surface area contributed by atoms with E-state index in [9.17, 15) is 4.79 Å². The van der Waals surface area contributed by atoms with Gasteiger partial charge in [-0.2, -0.15) is 0 Å². The fourth-order valence-electron chi connectivity index (χ4n) is 2.62. The summed E-state index contributed by atoms with van der Waals surface area (Å²) in [7, 11) is 3.18. The number of benzene rings is 1. The number of esters is 1. The van der Waals surface area contributed by atoms with Gasteiger partial charge >= 0.3 is 5.97 Å². The molecule has 0 aromatic heterocycles. The van der Waals surface area contributed by atoms with E-state index in [0.717, 1.165) is 36.0 Å². The first-order chi connectivity index (χ1) is 9.65. The summed E-state index contributed by atoms with van der Waals surface area (Å²) in [5, 5.41) is 0. The van der Waals surface area contributed by atoms with Crippen molar-refractivity contribution < 1.29 is 14.3 Å². The Hall–Kier alpha value is -0.910. The van der Waals surface area contributed by atoms with Gasteiger partial charge in [0, 0.05) is 24.7 Å². The van der Waals surface area contributed by atoms with E-state index < -0.39 is 0 Å². The van der Waals surface area contributed by atoms with Crippen molar-refractivity contribution in [1.29, 1.82) is 0 Å². The number of hydrogen-bond donors (Lipinski definition) is 0. The summed E-state index contributed by atoms with van der Waals surface area (Å²) in [6.45, 7) is 1.68. The minimum Gasteiger partial charge on any atom is -0.468 e. The van der Waals surface area contributed by atoms with Crippen molar-refractivity contribution in [3.63, 3.8) is 0 Å². The second-order valence-electron chi connectivity index (χ2n) is 4.95. The first-order valence-electron chi connectivity index (χ1n) is 6.76. The highest BCUT2D eigenvalue weighted by molar-refractivity contribution is 9.10. The maximum absolute atomic E-state index is 12.1. The van der Waals surface area contributed by atoms with E-state index in [1.807, 2.05) is 24.3 Å². The second-order valence-corrected chi connectivity index (χ2v) is 5.86. The van der Waals surface area contributed by atoms with Crippen molar-refractivity contribution in [3.8, 4) is 0 Å². The third kappa shape index (κ3) is 3.59. The van der Waals surface area contributed by atoms with Crippen molar-refractivity contribution in [2.24, 2.45) is 0 Å². The van der Waals surface area contributed by atoms with Crippen LogP contribution >= 0.6 is 15.9 Å². The topological polar surface area (TPSA) is 38.8 Å². The molecule has 1 fully saturated rings. The van der Waals surface area contributed by atoms with Gasteiger partial charge in [0.05, 0.1) is 13.2 Å². The van der Waals surface area contributed by atoms with Crippen molar-refractivity contribution in [1.82, 2.24) is 4.90 Å². The summed E-state index contributed by atoms with van der Waals surface area (Å²) < 4.78 is 11.4. The number of carbonyl (C=O) groups excluding carboxylic acids is 1. The summed E-state index contributed by atoms with van der Waals surface area (Å²) in [5.74, 6) is -0.205. The van der Waals surface area contributed by atoms with Gasteiger partial charge in [0.1, 0.15) is 6.04 Å². The standard InChI is InChI=1S/C15H20BrNO3/c1-19-13-7-9-17(10-8-13)14(15(18)20-2)11-3-5-12(16)6-4-11/h3-6,13-14H,7-10H2,1-2H3/t14-/m1/s1. The Labute approximate surface area is 128 Å². The fraction of sp³-hybridized carbons (Fsp3) is 0.533. The molecule has 0 saturated carbocycles. The van der Waals surface area contributed by atoms with E-state index in [1.54, 1.807) is 7.11 Å². The van der Waals surface area contributed by atoms with Crippen LogP contribution in [0.25, 0.3) is 0 Å². The number of ether oxygens (including phenoxy) is 2. The molecule has 0 spiro atoms. The highest BCUT2D eigenvalue weighted by Gasteiger charge is 2.31. The Morgan fingerprint density at radius 1 is 1.25 bits per heavy atom. The van der Waals surface area contributed by atoms with Crippen molar-refractivity contribution in [2.75, 3.05) is 27.3 Å². The highest BCUT2D eigenvalue weighted by Crippen LogP contribution is 2.27. The van der Waals surface area contributed by atoms with Crippen LogP contribution in [0.1, 0.15) is 24.4 Å². The van der Waals surface area contributed by atoms with Crippen LogP contribution in [0.2, 0.25) is 0 Å². The lowest BCUT2D eigenvalue weighted by Crippen LogP contribution is -2.42. The van der Waals surface area contributed by atoms with Crippen LogP contribution in [-0.2, 0) is 14.3 Å². The van der Waals surface area contributed by atoms with Crippen LogP contribution in [0.5, 0.6) is 0 Å². The summed E-state index contributed by atoms with van der Waals surface area (Å²) in [5.41, 5.74) is 0.968. The van der Waals surface area contributed by atoms with E-state index in [4.69, 9.17) is 9.47 Å². The highest BCUT2D eigenvalue weighted by atomic mass is 79.9. The Morgan fingerprint density at radius 2 is 1.85 bits per heavy atom. The first-order valence-corrected chi connectivity index (χ1v) is 7.55. The lowest BCUT2D eigenvalue weighted by Gasteiger charge is -2.35. The molecule has 1 aromatic rings. The number of likely N-dealkylation sites (tertiary alicyclic amines) is 1. The monoisotopic (exact) mass is 341 g/mol.